The standard InChI is InChI=1S/C38H45FN8O4/c1-23-27-13-12-24-20-29(47(34(24)43-27)17-10-6-5-8-15-38(39,37(49)42-23)32-11-7-9-16-41-32)35-44-28-19-25(21-31(51-4)33(28)45(35)2)36(48)46-18-14-30(50-3)26(40)22-46/h7,9,11-13,16,19-21,23,26,30H,5-6,8,10,14-15,17-18,22,40H2,1-4H3,(H,42,49)/t23-,26+,30-,38-/m1/s1. The lowest BCUT2D eigenvalue weighted by atomic mass is 9.92. The van der Waals surface area contributed by atoms with Gasteiger partial charge in [0, 0.05) is 57.0 Å². The first-order chi connectivity index (χ1) is 24.6. The number of methoxy groups -OCH3 is 2. The predicted molar refractivity (Wildman–Crippen MR) is 192 cm³/mol. The molecule has 1 fully saturated rings. The van der Waals surface area contributed by atoms with E-state index in [2.05, 4.69) is 20.9 Å². The highest BCUT2D eigenvalue weighted by Crippen LogP contribution is 2.36. The van der Waals surface area contributed by atoms with Gasteiger partial charge in [-0.15, -0.1) is 0 Å². The minimum absolute atomic E-state index is 0.0411. The second-order valence-corrected chi connectivity index (χ2v) is 13.7. The Labute approximate surface area is 296 Å². The van der Waals surface area contributed by atoms with Crippen LogP contribution in [0.15, 0.2) is 54.7 Å². The first kappa shape index (κ1) is 34.6. The zero-order valence-electron chi connectivity index (χ0n) is 29.6. The number of aryl methyl sites for hydroxylation is 2. The van der Waals surface area contributed by atoms with Crippen molar-refractivity contribution in [1.82, 2.24) is 34.3 Å². The van der Waals surface area contributed by atoms with Crippen LogP contribution in [-0.4, -0.2) is 80.3 Å². The summed E-state index contributed by atoms with van der Waals surface area (Å²) in [5.74, 6) is 0.413. The Hall–Kier alpha value is -4.88. The van der Waals surface area contributed by atoms with E-state index in [0.29, 0.717) is 60.8 Å². The molecule has 4 atom stereocenters. The molecular weight excluding hydrogens is 651 g/mol. The third kappa shape index (κ3) is 6.33. The van der Waals surface area contributed by atoms with Crippen molar-refractivity contribution >= 4 is 33.9 Å². The zero-order chi connectivity index (χ0) is 35.9. The van der Waals surface area contributed by atoms with Crippen LogP contribution in [0.2, 0.25) is 0 Å². The fourth-order valence-electron chi connectivity index (χ4n) is 7.57. The van der Waals surface area contributed by atoms with Crippen molar-refractivity contribution in [2.45, 2.75) is 75.8 Å². The molecule has 51 heavy (non-hydrogen) atoms. The van der Waals surface area contributed by atoms with Crippen molar-refractivity contribution in [2.24, 2.45) is 12.8 Å². The number of carbonyl (C=O) groups is 2. The molecule has 13 heteroatoms. The van der Waals surface area contributed by atoms with E-state index < -0.39 is 17.6 Å². The molecule has 6 heterocycles. The lowest BCUT2D eigenvalue weighted by molar-refractivity contribution is -0.135. The maximum absolute atomic E-state index is 16.5. The number of alkyl halides is 1. The number of likely N-dealkylation sites (tertiary alicyclic amines) is 1. The number of carbonyl (C=O) groups excluding carboxylic acids is 2. The minimum atomic E-state index is -2.24. The van der Waals surface area contributed by atoms with Gasteiger partial charge in [0.25, 0.3) is 11.8 Å². The van der Waals surface area contributed by atoms with Gasteiger partial charge in [-0.1, -0.05) is 18.9 Å². The first-order valence-corrected chi connectivity index (χ1v) is 17.7. The Bertz CT molecular complexity index is 2080. The van der Waals surface area contributed by atoms with Gasteiger partial charge in [0.05, 0.1) is 41.9 Å². The topological polar surface area (TPSA) is 142 Å². The maximum Gasteiger partial charge on any atom is 0.264 e. The van der Waals surface area contributed by atoms with Gasteiger partial charge in [-0.2, -0.15) is 0 Å². The number of aromatic nitrogens is 5. The van der Waals surface area contributed by atoms with Crippen molar-refractivity contribution in [2.75, 3.05) is 27.3 Å². The number of rotatable bonds is 5. The molecule has 0 radical (unpaired) electrons. The third-order valence-corrected chi connectivity index (χ3v) is 10.5. The van der Waals surface area contributed by atoms with E-state index in [1.807, 2.05) is 36.7 Å². The molecular formula is C38H45FN8O4. The number of halogens is 1. The summed E-state index contributed by atoms with van der Waals surface area (Å²) in [6.07, 6.45) is 5.10. The van der Waals surface area contributed by atoms with Gasteiger partial charge in [-0.3, -0.25) is 14.6 Å². The average molecular weight is 697 g/mol. The Morgan fingerprint density at radius 3 is 2.63 bits per heavy atom. The molecule has 268 valence electrons. The molecule has 2 bridgehead atoms. The van der Waals surface area contributed by atoms with E-state index in [9.17, 15) is 9.59 Å². The monoisotopic (exact) mass is 696 g/mol. The fourth-order valence-corrected chi connectivity index (χ4v) is 7.57. The summed E-state index contributed by atoms with van der Waals surface area (Å²) in [5, 5.41) is 3.80. The number of nitrogens with zero attached hydrogens (tertiary/aromatic N) is 6. The quantitative estimate of drug-likeness (QED) is 0.256. The normalized spacial score (nSPS) is 23.4. The van der Waals surface area contributed by atoms with Crippen molar-refractivity contribution < 1.29 is 23.5 Å². The van der Waals surface area contributed by atoms with E-state index in [1.54, 1.807) is 43.4 Å². The van der Waals surface area contributed by atoms with Gasteiger partial charge in [-0.25, -0.2) is 14.4 Å². The molecule has 12 nitrogen and oxygen atoms in total. The van der Waals surface area contributed by atoms with Gasteiger partial charge >= 0.3 is 0 Å². The lowest BCUT2D eigenvalue weighted by Gasteiger charge is -2.36. The average Bonchev–Trinajstić information content (AvgIpc) is 3.68. The molecule has 2 aliphatic heterocycles. The van der Waals surface area contributed by atoms with Crippen LogP contribution >= 0.6 is 0 Å². The summed E-state index contributed by atoms with van der Waals surface area (Å²) in [6.45, 7) is 3.43. The number of fused-ring (bicyclic) bond motifs is 2. The molecule has 7 rings (SSSR count). The highest BCUT2D eigenvalue weighted by Gasteiger charge is 2.42. The van der Waals surface area contributed by atoms with E-state index in [0.717, 1.165) is 41.5 Å². The SMILES string of the molecule is COc1cc(C(=O)N2CC[C@@H](OC)[C@@H](N)C2)cc2nc(-c3cc4ccc5nc4n3CCCCCC[C@@](F)(c3ccccn3)C(=O)N[C@@H]5C)n(C)c12. The molecule has 0 unspecified atom stereocenters. The van der Waals surface area contributed by atoms with Crippen LogP contribution in [0.5, 0.6) is 5.75 Å². The molecule has 1 aromatic carbocycles. The van der Waals surface area contributed by atoms with Crippen LogP contribution in [0, 0.1) is 0 Å². The van der Waals surface area contributed by atoms with Crippen LogP contribution < -0.4 is 15.8 Å². The Morgan fingerprint density at radius 2 is 1.88 bits per heavy atom. The smallest absolute Gasteiger partial charge is 0.264 e. The molecule has 2 amide bonds. The number of imidazole rings is 1. The van der Waals surface area contributed by atoms with Crippen molar-refractivity contribution in [3.63, 3.8) is 0 Å². The highest BCUT2D eigenvalue weighted by molar-refractivity contribution is 6.00. The summed E-state index contributed by atoms with van der Waals surface area (Å²) < 4.78 is 32.0. The maximum atomic E-state index is 16.5. The van der Waals surface area contributed by atoms with E-state index in [1.165, 1.54) is 6.20 Å². The number of piperidine rings is 1. The molecule has 2 aliphatic rings. The first-order valence-electron chi connectivity index (χ1n) is 17.7. The third-order valence-electron chi connectivity index (χ3n) is 10.5. The molecule has 1 saturated heterocycles. The lowest BCUT2D eigenvalue weighted by Crippen LogP contribution is -2.53. The Kier molecular flexibility index (Phi) is 9.51. The van der Waals surface area contributed by atoms with Gasteiger partial charge in [0.15, 0.2) is 5.82 Å². The van der Waals surface area contributed by atoms with Crippen LogP contribution in [-0.2, 0) is 28.8 Å². The highest BCUT2D eigenvalue weighted by atomic mass is 19.1. The second kappa shape index (κ2) is 14.0. The molecule has 0 aliphatic carbocycles. The Morgan fingerprint density at radius 1 is 1.06 bits per heavy atom. The largest absolute Gasteiger partial charge is 0.494 e. The van der Waals surface area contributed by atoms with Crippen LogP contribution in [0.25, 0.3) is 33.6 Å². The van der Waals surface area contributed by atoms with Gasteiger partial charge in [0.1, 0.15) is 16.9 Å². The second-order valence-electron chi connectivity index (χ2n) is 13.7. The Balaban J connectivity index is 1.26. The van der Waals surface area contributed by atoms with Crippen molar-refractivity contribution in [3.8, 4) is 17.3 Å². The number of hydrogen-bond acceptors (Lipinski definition) is 8. The zero-order valence-corrected chi connectivity index (χ0v) is 29.6. The predicted octanol–water partition coefficient (Wildman–Crippen LogP) is 5.19. The molecule has 0 spiro atoms. The van der Waals surface area contributed by atoms with Gasteiger partial charge in [-0.05, 0) is 75.1 Å². The fraction of sp³-hybridized carbons (Fsp3) is 0.447. The van der Waals surface area contributed by atoms with E-state index in [4.69, 9.17) is 25.2 Å². The summed E-state index contributed by atoms with van der Waals surface area (Å²) in [6, 6.07) is 13.7. The summed E-state index contributed by atoms with van der Waals surface area (Å²) in [5.41, 5.74) is 8.32. The number of pyridine rings is 2. The number of hydrogen-bond donors (Lipinski definition) is 2. The van der Waals surface area contributed by atoms with Gasteiger partial charge in [0.2, 0.25) is 5.67 Å². The van der Waals surface area contributed by atoms with Crippen LogP contribution in [0.3, 0.4) is 0 Å². The number of ether oxygens (including phenoxy) is 2. The molecule has 3 N–H and O–H groups in total. The van der Waals surface area contributed by atoms with Crippen molar-refractivity contribution in [1.29, 1.82) is 0 Å². The van der Waals surface area contributed by atoms with Crippen LogP contribution in [0.1, 0.15) is 73.2 Å². The number of nitrogens with one attached hydrogen (secondary N) is 1. The molecule has 5 aromatic rings. The molecule has 0 saturated carbocycles. The minimum Gasteiger partial charge on any atom is -0.494 e. The van der Waals surface area contributed by atoms with Gasteiger partial charge < -0.3 is 34.6 Å². The summed E-state index contributed by atoms with van der Waals surface area (Å²) in [7, 11) is 5.18. The number of benzene rings is 1. The number of nitrogens with two attached hydrogens (primary N) is 1. The molecule has 4 aromatic heterocycles. The number of amides is 2. The van der Waals surface area contributed by atoms with Crippen molar-refractivity contribution in [3.05, 3.63) is 71.7 Å². The summed E-state index contributed by atoms with van der Waals surface area (Å²) >= 11 is 0. The van der Waals surface area contributed by atoms with E-state index >= 15 is 4.39 Å². The summed E-state index contributed by atoms with van der Waals surface area (Å²) in [4.78, 5) is 43.3. The van der Waals surface area contributed by atoms with E-state index in [-0.39, 0.29) is 30.2 Å². The van der Waals surface area contributed by atoms with Crippen LogP contribution in [0.4, 0.5) is 4.39 Å².